The van der Waals surface area contributed by atoms with Gasteiger partial charge in [0.15, 0.2) is 6.10 Å². The fourth-order valence-corrected chi connectivity index (χ4v) is 8.57. The van der Waals surface area contributed by atoms with Gasteiger partial charge in [-0.15, -0.1) is 0 Å². The van der Waals surface area contributed by atoms with Crippen molar-refractivity contribution in [2.45, 2.75) is 323 Å². The predicted molar refractivity (Wildman–Crippen MR) is 266 cm³/mol. The highest BCUT2D eigenvalue weighted by Crippen LogP contribution is 2.18. The molecule has 368 valence electrons. The Bertz CT molecular complexity index is 933. The molecule has 0 amide bonds. The molecular weight excluding hydrogens is 769 g/mol. The van der Waals surface area contributed by atoms with E-state index in [1.54, 1.807) is 0 Å². The van der Waals surface area contributed by atoms with Crippen LogP contribution in [0.5, 0.6) is 0 Å². The van der Waals surface area contributed by atoms with Gasteiger partial charge in [0, 0.05) is 19.3 Å². The fourth-order valence-electron chi connectivity index (χ4n) is 8.57. The lowest BCUT2D eigenvalue weighted by atomic mass is 10.0. The van der Waals surface area contributed by atoms with Crippen molar-refractivity contribution in [1.82, 2.24) is 0 Å². The summed E-state index contributed by atoms with van der Waals surface area (Å²) < 4.78 is 16.9. The maximum Gasteiger partial charge on any atom is 0.306 e. The maximum atomic E-state index is 12.8. The highest BCUT2D eigenvalue weighted by atomic mass is 16.6. The monoisotopic (exact) mass is 877 g/mol. The van der Waals surface area contributed by atoms with Crippen molar-refractivity contribution in [3.8, 4) is 0 Å². The summed E-state index contributed by atoms with van der Waals surface area (Å²) in [6.07, 6.45) is 53.7. The van der Waals surface area contributed by atoms with Crippen LogP contribution >= 0.6 is 0 Å². The van der Waals surface area contributed by atoms with E-state index in [9.17, 15) is 14.4 Å². The van der Waals surface area contributed by atoms with Crippen LogP contribution in [0.1, 0.15) is 317 Å². The van der Waals surface area contributed by atoms with Crippen LogP contribution in [0.25, 0.3) is 0 Å². The second kappa shape index (κ2) is 50.4. The molecule has 0 aliphatic rings. The molecule has 0 rings (SSSR count). The highest BCUT2D eigenvalue weighted by molar-refractivity contribution is 5.71. The first-order chi connectivity index (χ1) is 30.4. The first kappa shape index (κ1) is 60.4. The lowest BCUT2D eigenvalue weighted by Gasteiger charge is -2.18. The minimum atomic E-state index is -0.761. The van der Waals surface area contributed by atoms with Gasteiger partial charge in [0.25, 0.3) is 0 Å². The first-order valence-electron chi connectivity index (χ1n) is 27.9. The molecule has 0 aliphatic carbocycles. The van der Waals surface area contributed by atoms with Gasteiger partial charge in [0.05, 0.1) is 0 Å². The van der Waals surface area contributed by atoms with Gasteiger partial charge in [-0.3, -0.25) is 14.4 Å². The third kappa shape index (κ3) is 49.4. The summed E-state index contributed by atoms with van der Waals surface area (Å²) >= 11 is 0. The Labute approximate surface area is 387 Å². The number of rotatable bonds is 51. The van der Waals surface area contributed by atoms with E-state index in [4.69, 9.17) is 14.2 Å². The summed E-state index contributed by atoms with van der Waals surface area (Å²) in [4.78, 5) is 38.0. The molecule has 6 heteroatoms. The smallest absolute Gasteiger partial charge is 0.306 e. The first-order valence-corrected chi connectivity index (χ1v) is 27.9. The van der Waals surface area contributed by atoms with E-state index in [1.807, 2.05) is 0 Å². The van der Waals surface area contributed by atoms with Gasteiger partial charge in [-0.05, 0) is 25.2 Å². The van der Waals surface area contributed by atoms with Crippen LogP contribution < -0.4 is 0 Å². The van der Waals surface area contributed by atoms with Crippen LogP contribution in [-0.2, 0) is 28.6 Å². The summed E-state index contributed by atoms with van der Waals surface area (Å²) in [5.41, 5.74) is 0. The molecule has 0 radical (unpaired) electrons. The molecule has 62 heavy (non-hydrogen) atoms. The van der Waals surface area contributed by atoms with Crippen molar-refractivity contribution in [1.29, 1.82) is 0 Å². The number of ether oxygens (including phenoxy) is 3. The van der Waals surface area contributed by atoms with Crippen LogP contribution in [-0.4, -0.2) is 37.2 Å². The number of hydrogen-bond acceptors (Lipinski definition) is 6. The fraction of sp³-hybridized carbons (Fsp3) is 0.946. The van der Waals surface area contributed by atoms with Crippen LogP contribution in [0.15, 0.2) is 0 Å². The summed E-state index contributed by atoms with van der Waals surface area (Å²) in [5, 5.41) is 0. The van der Waals surface area contributed by atoms with Crippen molar-refractivity contribution >= 4 is 17.9 Å². The standard InChI is InChI=1S/C56H108O6/c1-5-7-9-11-13-15-17-19-24-27-31-35-39-43-47-54(57)60-50-53(62-56(59)49-45-41-37-33-29-22-18-16-14-12-10-8-6-2)51-61-55(58)48-44-40-36-32-28-25-21-20-23-26-30-34-38-42-46-52(3)4/h52-53H,5-51H2,1-4H3/t53-/m0/s1. The second-order valence-electron chi connectivity index (χ2n) is 19.7. The molecule has 0 aliphatic heterocycles. The van der Waals surface area contributed by atoms with Crippen molar-refractivity contribution < 1.29 is 28.6 Å². The Hall–Kier alpha value is -1.59. The summed E-state index contributed by atoms with van der Waals surface area (Å²) in [5.74, 6) is 0.00724. The number of hydrogen-bond donors (Lipinski definition) is 0. The van der Waals surface area contributed by atoms with Gasteiger partial charge in [-0.1, -0.05) is 278 Å². The average molecular weight is 877 g/mol. The van der Waals surface area contributed by atoms with Crippen molar-refractivity contribution in [2.75, 3.05) is 13.2 Å². The number of carbonyl (C=O) groups excluding carboxylic acids is 3. The Morgan fingerprint density at radius 1 is 0.306 bits per heavy atom. The van der Waals surface area contributed by atoms with Gasteiger partial charge >= 0.3 is 17.9 Å². The van der Waals surface area contributed by atoms with E-state index >= 15 is 0 Å². The molecule has 0 fully saturated rings. The molecule has 0 N–H and O–H groups in total. The van der Waals surface area contributed by atoms with Crippen LogP contribution in [0, 0.1) is 5.92 Å². The van der Waals surface area contributed by atoms with Crippen molar-refractivity contribution in [3.63, 3.8) is 0 Å². The Kier molecular flexibility index (Phi) is 49.1. The number of carbonyl (C=O) groups is 3. The Morgan fingerprint density at radius 3 is 0.790 bits per heavy atom. The third-order valence-electron chi connectivity index (χ3n) is 12.8. The van der Waals surface area contributed by atoms with E-state index in [0.29, 0.717) is 19.3 Å². The summed E-state index contributed by atoms with van der Waals surface area (Å²) in [6.45, 7) is 9.06. The zero-order valence-corrected chi connectivity index (χ0v) is 42.3. The topological polar surface area (TPSA) is 78.9 Å². The molecule has 0 spiro atoms. The minimum Gasteiger partial charge on any atom is -0.462 e. The molecular formula is C56H108O6. The molecule has 0 unspecified atom stereocenters. The van der Waals surface area contributed by atoms with Crippen molar-refractivity contribution in [3.05, 3.63) is 0 Å². The lowest BCUT2D eigenvalue weighted by Crippen LogP contribution is -2.30. The number of unbranched alkanes of at least 4 members (excludes halogenated alkanes) is 38. The lowest BCUT2D eigenvalue weighted by molar-refractivity contribution is -0.167. The molecule has 0 saturated heterocycles. The third-order valence-corrected chi connectivity index (χ3v) is 12.8. The van der Waals surface area contributed by atoms with E-state index in [2.05, 4.69) is 27.7 Å². The van der Waals surface area contributed by atoms with Gasteiger partial charge < -0.3 is 14.2 Å². The zero-order chi connectivity index (χ0) is 45.2. The second-order valence-corrected chi connectivity index (χ2v) is 19.7. The van der Waals surface area contributed by atoms with Gasteiger partial charge in [-0.2, -0.15) is 0 Å². The van der Waals surface area contributed by atoms with Gasteiger partial charge in [0.2, 0.25) is 0 Å². The predicted octanol–water partition coefficient (Wildman–Crippen LogP) is 18.2. The average Bonchev–Trinajstić information content (AvgIpc) is 3.26. The maximum absolute atomic E-state index is 12.8. The van der Waals surface area contributed by atoms with Crippen molar-refractivity contribution in [2.24, 2.45) is 5.92 Å². The zero-order valence-electron chi connectivity index (χ0n) is 42.3. The van der Waals surface area contributed by atoms with E-state index < -0.39 is 6.10 Å². The van der Waals surface area contributed by atoms with E-state index in [-0.39, 0.29) is 31.1 Å². The van der Waals surface area contributed by atoms with Gasteiger partial charge in [-0.25, -0.2) is 0 Å². The molecule has 0 saturated carbocycles. The van der Waals surface area contributed by atoms with E-state index in [1.165, 1.54) is 212 Å². The molecule has 0 heterocycles. The molecule has 0 bridgehead atoms. The van der Waals surface area contributed by atoms with Crippen LogP contribution in [0.2, 0.25) is 0 Å². The quantitative estimate of drug-likeness (QED) is 0.0344. The molecule has 1 atom stereocenters. The molecule has 0 aromatic rings. The molecule has 0 aromatic heterocycles. The van der Waals surface area contributed by atoms with E-state index in [0.717, 1.165) is 63.7 Å². The summed E-state index contributed by atoms with van der Waals surface area (Å²) in [6, 6.07) is 0. The summed E-state index contributed by atoms with van der Waals surface area (Å²) in [7, 11) is 0. The SMILES string of the molecule is CCCCCCCCCCCCCCCCC(=O)OC[C@@H](COC(=O)CCCCCCCCCCCCCCCCC(C)C)OC(=O)CCCCCCCCCCCCCCC. The van der Waals surface area contributed by atoms with Crippen LogP contribution in [0.4, 0.5) is 0 Å². The molecule has 0 aromatic carbocycles. The normalized spacial score (nSPS) is 12.0. The minimum absolute atomic E-state index is 0.0620. The largest absolute Gasteiger partial charge is 0.462 e. The Morgan fingerprint density at radius 2 is 0.532 bits per heavy atom. The van der Waals surface area contributed by atoms with Crippen LogP contribution in [0.3, 0.4) is 0 Å². The van der Waals surface area contributed by atoms with Gasteiger partial charge in [0.1, 0.15) is 13.2 Å². The molecule has 6 nitrogen and oxygen atoms in total. The Balaban J connectivity index is 4.28. The highest BCUT2D eigenvalue weighted by Gasteiger charge is 2.19. The number of esters is 3.